The molecule has 0 aromatic heterocycles. The van der Waals surface area contributed by atoms with E-state index in [9.17, 15) is 9.90 Å². The van der Waals surface area contributed by atoms with Crippen molar-refractivity contribution in [3.8, 4) is 0 Å². The van der Waals surface area contributed by atoms with Gasteiger partial charge in [-0.15, -0.1) is 0 Å². The second-order valence-corrected chi connectivity index (χ2v) is 18.9. The lowest BCUT2D eigenvalue weighted by molar-refractivity contribution is -0.0952. The highest BCUT2D eigenvalue weighted by Crippen LogP contribution is 2.19. The first kappa shape index (κ1) is 58.0. The molecule has 9 heteroatoms. The number of carbonyl (C=O) groups excluding carboxylic acids is 1. The Balaban J connectivity index is 2.39. The van der Waals surface area contributed by atoms with Crippen molar-refractivity contribution in [2.24, 2.45) is 0 Å². The van der Waals surface area contributed by atoms with Crippen molar-refractivity contribution in [1.29, 1.82) is 0 Å². The first-order valence-corrected chi connectivity index (χ1v) is 26.8. The van der Waals surface area contributed by atoms with E-state index in [1.165, 1.54) is 135 Å². The van der Waals surface area contributed by atoms with Crippen LogP contribution in [0.25, 0.3) is 0 Å². The molecular weight excluding hydrogens is 763 g/mol. The average Bonchev–Trinajstić information content (AvgIpc) is 3.25. The highest BCUT2D eigenvalue weighted by atomic mass is 16.7. The summed E-state index contributed by atoms with van der Waals surface area (Å²) in [5.41, 5.74) is 0. The minimum absolute atomic E-state index is 0.0109. The van der Waals surface area contributed by atoms with Gasteiger partial charge in [0.05, 0.1) is 18.8 Å². The van der Waals surface area contributed by atoms with Gasteiger partial charge in [-0.3, -0.25) is 4.90 Å². The molecule has 364 valence electrons. The molecule has 61 heavy (non-hydrogen) atoms. The second-order valence-electron chi connectivity index (χ2n) is 18.9. The quantitative estimate of drug-likeness (QED) is 0.0365. The van der Waals surface area contributed by atoms with E-state index >= 15 is 0 Å². The number of aliphatic hydroxyl groups is 1. The van der Waals surface area contributed by atoms with Gasteiger partial charge >= 0.3 is 6.16 Å². The number of rotatable bonds is 46. The maximum atomic E-state index is 12.6. The van der Waals surface area contributed by atoms with Crippen LogP contribution in [0.5, 0.6) is 0 Å². The van der Waals surface area contributed by atoms with Gasteiger partial charge in [0.25, 0.3) is 0 Å². The van der Waals surface area contributed by atoms with E-state index in [1.54, 1.807) is 0 Å². The van der Waals surface area contributed by atoms with E-state index < -0.39 is 6.16 Å². The summed E-state index contributed by atoms with van der Waals surface area (Å²) >= 11 is 0. The lowest BCUT2D eigenvalue weighted by Crippen LogP contribution is -2.49. The molecule has 0 aromatic rings. The van der Waals surface area contributed by atoms with Crippen LogP contribution in [0.2, 0.25) is 0 Å². The van der Waals surface area contributed by atoms with Crippen LogP contribution < -0.4 is 0 Å². The number of ether oxygens (including phenoxy) is 4. The van der Waals surface area contributed by atoms with Gasteiger partial charge < -0.3 is 33.9 Å². The molecule has 1 aliphatic heterocycles. The maximum absolute atomic E-state index is 12.6. The molecule has 1 saturated heterocycles. The number of nitrogens with zero attached hydrogens (tertiary/aromatic N) is 3. The second kappa shape index (κ2) is 44.2. The Kier molecular flexibility index (Phi) is 42.1. The van der Waals surface area contributed by atoms with Crippen LogP contribution in [0.15, 0.2) is 0 Å². The Morgan fingerprint density at radius 3 is 1.49 bits per heavy atom. The Morgan fingerprint density at radius 2 is 0.967 bits per heavy atom. The monoisotopic (exact) mass is 868 g/mol. The van der Waals surface area contributed by atoms with Crippen molar-refractivity contribution in [1.82, 2.24) is 14.7 Å². The van der Waals surface area contributed by atoms with Crippen LogP contribution in [0.4, 0.5) is 4.79 Å². The normalized spacial score (nSPS) is 15.4. The third-order valence-corrected chi connectivity index (χ3v) is 12.8. The van der Waals surface area contributed by atoms with Crippen molar-refractivity contribution < 1.29 is 28.8 Å². The van der Waals surface area contributed by atoms with Gasteiger partial charge in [-0.05, 0) is 84.3 Å². The Hall–Kier alpha value is -0.970. The Bertz CT molecular complexity index is 906. The average molecular weight is 868 g/mol. The molecule has 1 heterocycles. The molecule has 1 aliphatic rings. The largest absolute Gasteiger partial charge is 0.508 e. The van der Waals surface area contributed by atoms with Crippen molar-refractivity contribution in [2.75, 3.05) is 79.4 Å². The molecular formula is C52H105N3O6. The summed E-state index contributed by atoms with van der Waals surface area (Å²) < 4.78 is 23.6. The summed E-state index contributed by atoms with van der Waals surface area (Å²) in [6.45, 7) is 18.4. The molecule has 0 saturated carbocycles. The molecule has 1 fully saturated rings. The number of piperazine rings is 1. The predicted octanol–water partition coefficient (Wildman–Crippen LogP) is 13.3. The molecule has 3 atom stereocenters. The molecule has 0 aliphatic carbocycles. The first-order chi connectivity index (χ1) is 29.9. The zero-order valence-electron chi connectivity index (χ0n) is 41.5. The number of unbranched alkanes of at least 4 members (excludes halogenated alkanes) is 22. The van der Waals surface area contributed by atoms with Crippen LogP contribution in [-0.4, -0.2) is 124 Å². The molecule has 0 spiro atoms. The van der Waals surface area contributed by atoms with Gasteiger partial charge in [-0.25, -0.2) is 4.79 Å². The van der Waals surface area contributed by atoms with Gasteiger partial charge in [-0.1, -0.05) is 169 Å². The van der Waals surface area contributed by atoms with E-state index in [4.69, 9.17) is 18.9 Å². The standard InChI is InChI=1S/C52H105N3O6/c1-6-10-14-18-20-28-35-50(34-26-16-12-8-3)60-48-58-44-32-24-22-30-38-54(46-49(56)47-55-42-40-53(5)41-43-55)39-31-23-25-33-45-59-52(57)61-51(36-27-17-13-9-4)37-29-21-19-15-11-7-2/h49-51,56H,6-48H2,1-5H3. The topological polar surface area (TPSA) is 83.9 Å². The van der Waals surface area contributed by atoms with Gasteiger partial charge in [0.1, 0.15) is 12.9 Å². The van der Waals surface area contributed by atoms with Crippen molar-refractivity contribution in [3.05, 3.63) is 0 Å². The fraction of sp³-hybridized carbons (Fsp3) is 0.981. The van der Waals surface area contributed by atoms with E-state index in [0.29, 0.717) is 19.5 Å². The highest BCUT2D eigenvalue weighted by Gasteiger charge is 2.20. The summed E-state index contributed by atoms with van der Waals surface area (Å²) in [4.78, 5) is 19.9. The lowest BCUT2D eigenvalue weighted by Gasteiger charge is -2.34. The number of β-amino-alcohol motifs (C(OH)–C–C–N with tert-alkyl or cyclic N) is 1. The van der Waals surface area contributed by atoms with Crippen molar-refractivity contribution in [2.45, 2.75) is 251 Å². The molecule has 0 aromatic carbocycles. The SMILES string of the molecule is CCCCCCCCC(CCCCCC)OCOCCCCCCN(CCCCCCOC(=O)OC(CCCCCC)CCCCCCCC)CC(O)CN1CCN(C)CC1. The van der Waals surface area contributed by atoms with Crippen LogP contribution in [0.3, 0.4) is 0 Å². The molecule has 1 rings (SSSR count). The van der Waals surface area contributed by atoms with Crippen molar-refractivity contribution in [3.63, 3.8) is 0 Å². The molecule has 0 bridgehead atoms. The number of aliphatic hydroxyl groups excluding tert-OH is 1. The van der Waals surface area contributed by atoms with E-state index in [2.05, 4.69) is 49.4 Å². The number of likely N-dealkylation sites (N-methyl/N-ethyl adjacent to an activating group) is 1. The fourth-order valence-corrected chi connectivity index (χ4v) is 8.67. The van der Waals surface area contributed by atoms with Gasteiger partial charge in [0.2, 0.25) is 0 Å². The molecule has 3 unspecified atom stereocenters. The summed E-state index contributed by atoms with van der Waals surface area (Å²) in [5.74, 6) is 0. The summed E-state index contributed by atoms with van der Waals surface area (Å²) in [6.07, 6.45) is 37.9. The van der Waals surface area contributed by atoms with E-state index in [1.807, 2.05) is 0 Å². The summed E-state index contributed by atoms with van der Waals surface area (Å²) in [6, 6.07) is 0. The van der Waals surface area contributed by atoms with Crippen LogP contribution in [-0.2, 0) is 18.9 Å². The lowest BCUT2D eigenvalue weighted by atomic mass is 10.0. The first-order valence-electron chi connectivity index (χ1n) is 26.8. The van der Waals surface area contributed by atoms with Crippen LogP contribution in [0.1, 0.15) is 233 Å². The number of carbonyl (C=O) groups is 1. The van der Waals surface area contributed by atoms with E-state index in [0.717, 1.165) is 130 Å². The third-order valence-electron chi connectivity index (χ3n) is 12.8. The van der Waals surface area contributed by atoms with Crippen molar-refractivity contribution >= 4 is 6.16 Å². The molecule has 0 amide bonds. The summed E-state index contributed by atoms with van der Waals surface area (Å²) in [7, 11) is 2.18. The summed E-state index contributed by atoms with van der Waals surface area (Å²) in [5, 5.41) is 11.1. The minimum Gasteiger partial charge on any atom is -0.434 e. The van der Waals surface area contributed by atoms with Crippen LogP contribution >= 0.6 is 0 Å². The molecule has 0 radical (unpaired) electrons. The smallest absolute Gasteiger partial charge is 0.434 e. The van der Waals surface area contributed by atoms with Crippen LogP contribution in [0, 0.1) is 0 Å². The van der Waals surface area contributed by atoms with Gasteiger partial charge in [-0.2, -0.15) is 0 Å². The van der Waals surface area contributed by atoms with E-state index in [-0.39, 0.29) is 12.2 Å². The maximum Gasteiger partial charge on any atom is 0.508 e. The molecule has 1 N–H and O–H groups in total. The number of hydrogen-bond acceptors (Lipinski definition) is 9. The third kappa shape index (κ3) is 38.1. The number of hydrogen-bond donors (Lipinski definition) is 1. The molecule has 9 nitrogen and oxygen atoms in total. The minimum atomic E-state index is -0.479. The Morgan fingerprint density at radius 1 is 0.541 bits per heavy atom. The Labute approximate surface area is 379 Å². The van der Waals surface area contributed by atoms with Gasteiger partial charge in [0, 0.05) is 45.9 Å². The zero-order chi connectivity index (χ0) is 44.3. The van der Waals surface area contributed by atoms with Gasteiger partial charge in [0.15, 0.2) is 0 Å². The highest BCUT2D eigenvalue weighted by molar-refractivity contribution is 5.60. The zero-order valence-corrected chi connectivity index (χ0v) is 41.5. The predicted molar refractivity (Wildman–Crippen MR) is 259 cm³/mol. The fourth-order valence-electron chi connectivity index (χ4n) is 8.67.